The lowest BCUT2D eigenvalue weighted by Crippen LogP contribution is -2.19. The first-order chi connectivity index (χ1) is 8.47. The molecule has 0 fully saturated rings. The SMILES string of the molecule is CC(CC[Si](C)(C)C)c1cccc2ccccc12. The Balaban J connectivity index is 2.25. The van der Waals surface area contributed by atoms with Gasteiger partial charge in [-0.3, -0.25) is 0 Å². The summed E-state index contributed by atoms with van der Waals surface area (Å²) in [7, 11) is -0.920. The van der Waals surface area contributed by atoms with E-state index in [0.29, 0.717) is 5.92 Å². The smallest absolute Gasteiger partial charge is 0.0442 e. The molecule has 0 spiro atoms. The Morgan fingerprint density at radius 1 is 0.944 bits per heavy atom. The minimum atomic E-state index is -0.920. The molecule has 0 aliphatic heterocycles. The number of benzene rings is 2. The Labute approximate surface area is 112 Å². The lowest BCUT2D eigenvalue weighted by molar-refractivity contribution is 0.730. The maximum Gasteiger partial charge on any atom is 0.0442 e. The highest BCUT2D eigenvalue weighted by Gasteiger charge is 2.16. The number of hydrogen-bond donors (Lipinski definition) is 0. The van der Waals surface area contributed by atoms with Crippen molar-refractivity contribution in [2.75, 3.05) is 0 Å². The normalized spacial score (nSPS) is 13.8. The van der Waals surface area contributed by atoms with Crippen LogP contribution in [0.15, 0.2) is 42.5 Å². The van der Waals surface area contributed by atoms with Crippen molar-refractivity contribution in [3.8, 4) is 0 Å². The molecule has 2 rings (SSSR count). The molecule has 2 aromatic carbocycles. The zero-order chi connectivity index (χ0) is 13.2. The van der Waals surface area contributed by atoms with Crippen molar-refractivity contribution in [2.45, 2.75) is 44.9 Å². The fourth-order valence-electron chi connectivity index (χ4n) is 2.49. The molecular weight excluding hydrogens is 232 g/mol. The van der Waals surface area contributed by atoms with Gasteiger partial charge in [0.25, 0.3) is 0 Å². The quantitative estimate of drug-likeness (QED) is 0.618. The molecule has 0 aliphatic carbocycles. The molecule has 0 radical (unpaired) electrons. The van der Waals surface area contributed by atoms with Gasteiger partial charge in [-0.1, -0.05) is 75.1 Å². The first-order valence-corrected chi connectivity index (χ1v) is 10.7. The van der Waals surface area contributed by atoms with Gasteiger partial charge in [-0.2, -0.15) is 0 Å². The standard InChI is InChI=1S/C17H24Si/c1-14(12-13-18(2,3)4)16-11-7-9-15-8-5-6-10-17(15)16/h5-11,14H,12-13H2,1-4H3. The van der Waals surface area contributed by atoms with E-state index in [1.54, 1.807) is 0 Å². The van der Waals surface area contributed by atoms with Gasteiger partial charge in [0, 0.05) is 8.07 Å². The summed E-state index contributed by atoms with van der Waals surface area (Å²) in [5, 5.41) is 2.80. The molecule has 0 heterocycles. The van der Waals surface area contributed by atoms with Crippen LogP contribution < -0.4 is 0 Å². The second kappa shape index (κ2) is 5.27. The van der Waals surface area contributed by atoms with Crippen molar-refractivity contribution in [3.63, 3.8) is 0 Å². The van der Waals surface area contributed by atoms with Gasteiger partial charge in [-0.25, -0.2) is 0 Å². The molecule has 1 unspecified atom stereocenters. The summed E-state index contributed by atoms with van der Waals surface area (Å²) in [6.07, 6.45) is 1.32. The van der Waals surface area contributed by atoms with Gasteiger partial charge in [0.2, 0.25) is 0 Å². The van der Waals surface area contributed by atoms with Gasteiger partial charge in [-0.15, -0.1) is 0 Å². The van der Waals surface area contributed by atoms with Gasteiger partial charge in [0.05, 0.1) is 0 Å². The molecule has 0 amide bonds. The lowest BCUT2D eigenvalue weighted by Gasteiger charge is -2.20. The molecule has 0 saturated carbocycles. The van der Waals surface area contributed by atoms with Crippen molar-refractivity contribution in [1.82, 2.24) is 0 Å². The van der Waals surface area contributed by atoms with Crippen LogP contribution in [-0.4, -0.2) is 8.07 Å². The van der Waals surface area contributed by atoms with Crippen LogP contribution in [0, 0.1) is 0 Å². The molecule has 18 heavy (non-hydrogen) atoms. The van der Waals surface area contributed by atoms with Crippen LogP contribution in [-0.2, 0) is 0 Å². The molecule has 96 valence electrons. The van der Waals surface area contributed by atoms with Gasteiger partial charge < -0.3 is 0 Å². The third-order valence-corrected chi connectivity index (χ3v) is 5.47. The highest BCUT2D eigenvalue weighted by molar-refractivity contribution is 6.76. The van der Waals surface area contributed by atoms with Crippen LogP contribution in [0.4, 0.5) is 0 Å². The minimum absolute atomic E-state index is 0.669. The van der Waals surface area contributed by atoms with E-state index in [0.717, 1.165) is 0 Å². The fourth-order valence-corrected chi connectivity index (χ4v) is 3.78. The summed E-state index contributed by atoms with van der Waals surface area (Å²) >= 11 is 0. The predicted molar refractivity (Wildman–Crippen MR) is 85.1 cm³/mol. The average molecular weight is 256 g/mol. The summed E-state index contributed by atoms with van der Waals surface area (Å²) in [6.45, 7) is 9.76. The van der Waals surface area contributed by atoms with Crippen LogP contribution in [0.25, 0.3) is 10.8 Å². The van der Waals surface area contributed by atoms with E-state index in [1.807, 2.05) is 0 Å². The third kappa shape index (κ3) is 3.23. The van der Waals surface area contributed by atoms with Gasteiger partial charge in [-0.05, 0) is 28.7 Å². The van der Waals surface area contributed by atoms with Crippen LogP contribution >= 0.6 is 0 Å². The first-order valence-electron chi connectivity index (χ1n) is 6.95. The second-order valence-corrected chi connectivity index (χ2v) is 12.2. The molecule has 0 saturated heterocycles. The van der Waals surface area contributed by atoms with Crippen LogP contribution in [0.2, 0.25) is 25.7 Å². The van der Waals surface area contributed by atoms with Gasteiger partial charge in [0.1, 0.15) is 0 Å². The predicted octanol–water partition coefficient (Wildman–Crippen LogP) is 5.67. The second-order valence-electron chi connectivity index (χ2n) is 6.57. The van der Waals surface area contributed by atoms with Crippen molar-refractivity contribution in [3.05, 3.63) is 48.0 Å². The molecular formula is C17H24Si. The largest absolute Gasteiger partial charge is 0.0695 e. The van der Waals surface area contributed by atoms with Crippen LogP contribution in [0.1, 0.15) is 24.8 Å². The molecule has 1 heteroatoms. The maximum atomic E-state index is 2.46. The minimum Gasteiger partial charge on any atom is -0.0695 e. The molecule has 0 aromatic heterocycles. The van der Waals surface area contributed by atoms with E-state index in [1.165, 1.54) is 28.8 Å². The monoisotopic (exact) mass is 256 g/mol. The summed E-state index contributed by atoms with van der Waals surface area (Å²) in [5.41, 5.74) is 1.52. The van der Waals surface area contributed by atoms with E-state index in [9.17, 15) is 0 Å². The van der Waals surface area contributed by atoms with E-state index in [4.69, 9.17) is 0 Å². The van der Waals surface area contributed by atoms with Crippen molar-refractivity contribution >= 4 is 18.8 Å². The highest BCUT2D eigenvalue weighted by Crippen LogP contribution is 2.30. The maximum absolute atomic E-state index is 2.46. The van der Waals surface area contributed by atoms with Crippen LogP contribution in [0.3, 0.4) is 0 Å². The molecule has 0 bridgehead atoms. The van der Waals surface area contributed by atoms with Crippen molar-refractivity contribution in [1.29, 1.82) is 0 Å². The first kappa shape index (κ1) is 13.4. The topological polar surface area (TPSA) is 0 Å². The molecule has 2 aromatic rings. The van der Waals surface area contributed by atoms with Crippen molar-refractivity contribution < 1.29 is 0 Å². The fraction of sp³-hybridized carbons (Fsp3) is 0.412. The Morgan fingerprint density at radius 3 is 2.33 bits per heavy atom. The molecule has 0 N–H and O–H groups in total. The highest BCUT2D eigenvalue weighted by atomic mass is 28.3. The molecule has 0 aliphatic rings. The summed E-state index contributed by atoms with van der Waals surface area (Å²) < 4.78 is 0. The third-order valence-electron chi connectivity index (χ3n) is 3.68. The molecule has 1 atom stereocenters. The average Bonchev–Trinajstić information content (AvgIpc) is 2.34. The summed E-state index contributed by atoms with van der Waals surface area (Å²) in [6, 6.07) is 16.9. The summed E-state index contributed by atoms with van der Waals surface area (Å²) in [5.74, 6) is 0.669. The summed E-state index contributed by atoms with van der Waals surface area (Å²) in [4.78, 5) is 0. The van der Waals surface area contributed by atoms with E-state index in [-0.39, 0.29) is 0 Å². The van der Waals surface area contributed by atoms with E-state index in [2.05, 4.69) is 69.0 Å². The Bertz CT molecular complexity index is 517. The number of hydrogen-bond acceptors (Lipinski definition) is 0. The Kier molecular flexibility index (Phi) is 3.91. The molecule has 0 nitrogen and oxygen atoms in total. The van der Waals surface area contributed by atoms with Gasteiger partial charge >= 0.3 is 0 Å². The number of rotatable bonds is 4. The number of fused-ring (bicyclic) bond motifs is 1. The van der Waals surface area contributed by atoms with Gasteiger partial charge in [0.15, 0.2) is 0 Å². The zero-order valence-corrected chi connectivity index (χ0v) is 13.0. The van der Waals surface area contributed by atoms with Crippen molar-refractivity contribution in [2.24, 2.45) is 0 Å². The zero-order valence-electron chi connectivity index (χ0n) is 12.0. The van der Waals surface area contributed by atoms with Crippen LogP contribution in [0.5, 0.6) is 0 Å². The van der Waals surface area contributed by atoms with E-state index < -0.39 is 8.07 Å². The Morgan fingerprint density at radius 2 is 1.61 bits per heavy atom. The lowest BCUT2D eigenvalue weighted by atomic mass is 9.93. The Hall–Kier alpha value is -1.08. The van der Waals surface area contributed by atoms with E-state index >= 15 is 0 Å².